The van der Waals surface area contributed by atoms with Gasteiger partial charge < -0.3 is 9.90 Å². The molecule has 5 nitrogen and oxygen atoms in total. The molecule has 2 atom stereocenters. The molecule has 0 saturated heterocycles. The monoisotopic (exact) mass is 461 g/mol. The maximum atomic E-state index is 11.2. The number of nitrogens with zero attached hydrogens (tertiary/aromatic N) is 2. The van der Waals surface area contributed by atoms with Gasteiger partial charge in [0.1, 0.15) is 18.9 Å². The number of carbonyl (C=O) groups excluding carboxylic acids is 1. The van der Waals surface area contributed by atoms with Crippen molar-refractivity contribution in [2.75, 3.05) is 6.54 Å². The third-order valence-corrected chi connectivity index (χ3v) is 6.96. The summed E-state index contributed by atoms with van der Waals surface area (Å²) in [6.45, 7) is 5.48. The number of carbonyl (C=O) groups is 1. The number of aliphatic imine (C=N–C) groups is 1. The summed E-state index contributed by atoms with van der Waals surface area (Å²) in [6, 6.07) is 0. The van der Waals surface area contributed by atoms with E-state index in [0.29, 0.717) is 0 Å². The molecule has 0 aromatic rings. The highest BCUT2D eigenvalue weighted by molar-refractivity contribution is 5.81. The van der Waals surface area contributed by atoms with E-state index in [1.54, 1.807) is 12.4 Å². The van der Waals surface area contributed by atoms with Crippen LogP contribution in [-0.2, 0) is 4.79 Å². The molecule has 0 aromatic carbocycles. The number of amidine groups is 1. The predicted molar refractivity (Wildman–Crippen MR) is 138 cm³/mol. The van der Waals surface area contributed by atoms with Crippen molar-refractivity contribution >= 4 is 11.8 Å². The number of rotatable bonds is 23. The van der Waals surface area contributed by atoms with Crippen molar-refractivity contribution in [1.82, 2.24) is 0 Å². The van der Waals surface area contributed by atoms with Crippen molar-refractivity contribution < 1.29 is 14.4 Å². The normalized spacial score (nSPS) is 18.4. The number of nitrogens with two attached hydrogens (primary N) is 1. The van der Waals surface area contributed by atoms with Crippen molar-refractivity contribution in [3.05, 3.63) is 25.1 Å². The molecule has 0 aromatic heterocycles. The van der Waals surface area contributed by atoms with Crippen molar-refractivity contribution in [2.24, 2.45) is 10.7 Å². The van der Waals surface area contributed by atoms with E-state index < -0.39 is 5.97 Å². The van der Waals surface area contributed by atoms with Crippen LogP contribution < -0.4 is 10.8 Å². The molecule has 33 heavy (non-hydrogen) atoms. The third-order valence-electron chi connectivity index (χ3n) is 6.96. The molecule has 1 aliphatic heterocycles. The van der Waals surface area contributed by atoms with Crippen molar-refractivity contribution in [3.8, 4) is 0 Å². The van der Waals surface area contributed by atoms with Crippen LogP contribution in [0.4, 0.5) is 0 Å². The average molecular weight is 462 g/mol. The largest absolute Gasteiger partial charge is 0.544 e. The molecule has 0 amide bonds. The first-order chi connectivity index (χ1) is 16.0. The van der Waals surface area contributed by atoms with Gasteiger partial charge in [-0.2, -0.15) is 0 Å². The van der Waals surface area contributed by atoms with Crippen molar-refractivity contribution in [1.29, 1.82) is 0 Å². The average Bonchev–Trinajstić information content (AvgIpc) is 3.18. The second-order valence-electron chi connectivity index (χ2n) is 9.88. The lowest BCUT2D eigenvalue weighted by atomic mass is 10.0. The minimum absolute atomic E-state index is 0.110. The Morgan fingerprint density at radius 3 is 1.73 bits per heavy atom. The third kappa shape index (κ3) is 13.1. The Labute approximate surface area is 203 Å². The topological polar surface area (TPSA) is 78.5 Å². The number of hydrogen-bond donors (Lipinski definition) is 1. The molecule has 5 heteroatoms. The zero-order valence-corrected chi connectivity index (χ0v) is 21.4. The number of allylic oxidation sites excluding steroid dienone is 1. The Balaban J connectivity index is 1.90. The van der Waals surface area contributed by atoms with Crippen LogP contribution in [0.2, 0.25) is 0 Å². The second-order valence-corrected chi connectivity index (χ2v) is 9.88. The molecular weight excluding hydrogens is 410 g/mol. The smallest absolute Gasteiger partial charge is 0.209 e. The summed E-state index contributed by atoms with van der Waals surface area (Å²) in [5, 5.41) is 11.2. The lowest BCUT2D eigenvalue weighted by molar-refractivity contribution is -0.808. The summed E-state index contributed by atoms with van der Waals surface area (Å²) in [5.41, 5.74) is 6.09. The lowest BCUT2D eigenvalue weighted by Gasteiger charge is -2.36. The highest BCUT2D eigenvalue weighted by Crippen LogP contribution is 2.23. The Morgan fingerprint density at radius 2 is 1.33 bits per heavy atom. The van der Waals surface area contributed by atoms with Gasteiger partial charge in [0.2, 0.25) is 5.84 Å². The Hall–Kier alpha value is -1.46. The number of carboxylic acid groups (broad SMARTS) is 1. The molecule has 0 spiro atoms. The highest BCUT2D eigenvalue weighted by atomic mass is 16.4. The van der Waals surface area contributed by atoms with E-state index in [9.17, 15) is 9.90 Å². The van der Waals surface area contributed by atoms with Crippen LogP contribution in [0.3, 0.4) is 0 Å². The quantitative estimate of drug-likeness (QED) is 0.110. The first-order valence-electron chi connectivity index (χ1n) is 13.7. The van der Waals surface area contributed by atoms with Gasteiger partial charge >= 0.3 is 0 Å². The van der Waals surface area contributed by atoms with Gasteiger partial charge in [0.05, 0.1) is 12.2 Å². The van der Waals surface area contributed by atoms with E-state index in [4.69, 9.17) is 5.73 Å². The molecule has 190 valence electrons. The van der Waals surface area contributed by atoms with Crippen LogP contribution >= 0.6 is 0 Å². The molecule has 1 rings (SSSR count). The first kappa shape index (κ1) is 29.6. The molecule has 0 aliphatic carbocycles. The SMILES string of the molecule is C=CCCCCCCCCCCCCCCCCCCCC1=NC=C[N+]1(CC(=O)[O-])C(C)N. The Bertz CT molecular complexity index is 586. The lowest BCUT2D eigenvalue weighted by Crippen LogP contribution is -2.60. The molecule has 0 bridgehead atoms. The molecule has 0 saturated carbocycles. The van der Waals surface area contributed by atoms with Gasteiger partial charge in [-0.1, -0.05) is 102 Å². The van der Waals surface area contributed by atoms with Crippen molar-refractivity contribution in [2.45, 2.75) is 135 Å². The molecular formula is C28H51N3O2. The summed E-state index contributed by atoms with van der Waals surface area (Å²) in [6.07, 6.45) is 29.9. The zero-order valence-electron chi connectivity index (χ0n) is 21.4. The predicted octanol–water partition coefficient (Wildman–Crippen LogP) is 6.34. The molecule has 2 unspecified atom stereocenters. The highest BCUT2D eigenvalue weighted by Gasteiger charge is 2.38. The molecule has 0 radical (unpaired) electrons. The van der Waals surface area contributed by atoms with Gasteiger partial charge in [-0.25, -0.2) is 9.48 Å². The maximum absolute atomic E-state index is 11.2. The number of aliphatic carboxylic acids is 1. The minimum atomic E-state index is -1.09. The van der Waals surface area contributed by atoms with Gasteiger partial charge in [-0.3, -0.25) is 5.73 Å². The van der Waals surface area contributed by atoms with E-state index in [2.05, 4.69) is 11.6 Å². The van der Waals surface area contributed by atoms with Crippen LogP contribution in [0.25, 0.3) is 0 Å². The number of quaternary nitrogens is 1. The van der Waals surface area contributed by atoms with Gasteiger partial charge in [0.25, 0.3) is 0 Å². The number of hydrogen-bond acceptors (Lipinski definition) is 4. The zero-order chi connectivity index (χ0) is 24.2. The van der Waals surface area contributed by atoms with Crippen molar-refractivity contribution in [3.63, 3.8) is 0 Å². The van der Waals surface area contributed by atoms with Gasteiger partial charge in [-0.15, -0.1) is 6.58 Å². The van der Waals surface area contributed by atoms with Crippen LogP contribution in [0.1, 0.15) is 129 Å². The minimum Gasteiger partial charge on any atom is -0.544 e. The fraction of sp³-hybridized carbons (Fsp3) is 0.786. The standard InChI is InChI=1S/C28H51N3O2/c1-3-4-5-6-7-8-9-10-11-12-13-14-15-16-17-18-19-20-21-22-27-30-23-24-31(27,26(2)29)25-28(32)33/h3,23-24,26H,1,4-22,25,29H2,2H3. The summed E-state index contributed by atoms with van der Waals surface area (Å²) < 4.78 is 0.110. The van der Waals surface area contributed by atoms with Gasteiger partial charge in [0.15, 0.2) is 0 Å². The van der Waals surface area contributed by atoms with Crippen LogP contribution in [-0.4, -0.2) is 29.0 Å². The molecule has 1 heterocycles. The molecule has 0 fully saturated rings. The summed E-state index contributed by atoms with van der Waals surface area (Å²) in [5.74, 6) is -0.227. The van der Waals surface area contributed by atoms with E-state index in [0.717, 1.165) is 25.1 Å². The summed E-state index contributed by atoms with van der Waals surface area (Å²) in [7, 11) is 0. The van der Waals surface area contributed by atoms with E-state index in [-0.39, 0.29) is 17.2 Å². The summed E-state index contributed by atoms with van der Waals surface area (Å²) in [4.78, 5) is 15.6. The fourth-order valence-corrected chi connectivity index (χ4v) is 4.80. The van der Waals surface area contributed by atoms with Gasteiger partial charge in [-0.05, 0) is 19.3 Å². The van der Waals surface area contributed by atoms with E-state index >= 15 is 0 Å². The Morgan fingerprint density at radius 1 is 0.909 bits per heavy atom. The first-order valence-corrected chi connectivity index (χ1v) is 13.7. The fourth-order valence-electron chi connectivity index (χ4n) is 4.80. The van der Waals surface area contributed by atoms with Crippen LogP contribution in [0.15, 0.2) is 30.0 Å². The maximum Gasteiger partial charge on any atom is 0.209 e. The van der Waals surface area contributed by atoms with E-state index in [1.165, 1.54) is 103 Å². The second kappa shape index (κ2) is 18.9. The van der Waals surface area contributed by atoms with Crippen LogP contribution in [0, 0.1) is 0 Å². The molecule has 1 aliphatic rings. The number of unbranched alkanes of at least 4 members (excludes halogenated alkanes) is 17. The van der Waals surface area contributed by atoms with E-state index in [1.807, 2.05) is 13.0 Å². The van der Waals surface area contributed by atoms with Crippen LogP contribution in [0.5, 0.6) is 0 Å². The number of carboxylic acids is 1. The van der Waals surface area contributed by atoms with Gasteiger partial charge in [0, 0.05) is 13.3 Å². The molecule has 2 N–H and O–H groups in total. The summed E-state index contributed by atoms with van der Waals surface area (Å²) >= 11 is 0. The Kier molecular flexibility index (Phi) is 16.9.